The van der Waals surface area contributed by atoms with Crippen LogP contribution in [-0.4, -0.2) is 58.8 Å². The van der Waals surface area contributed by atoms with Gasteiger partial charge in [-0.05, 0) is 60.3 Å². The molecule has 0 bridgehead atoms. The van der Waals surface area contributed by atoms with Crippen LogP contribution in [0, 0.1) is 18.3 Å². The first-order valence-electron chi connectivity index (χ1n) is 9.47. The lowest BCUT2D eigenvalue weighted by molar-refractivity contribution is -0.140. The quantitative estimate of drug-likeness (QED) is 0.742. The molecule has 2 fully saturated rings. The van der Waals surface area contributed by atoms with Gasteiger partial charge in [0.2, 0.25) is 11.8 Å². The normalized spacial score (nSPS) is 21.5. The molecule has 0 spiro atoms. The van der Waals surface area contributed by atoms with E-state index in [1.54, 1.807) is 12.3 Å². The molecule has 1 unspecified atom stereocenters. The van der Waals surface area contributed by atoms with Crippen LogP contribution in [0.3, 0.4) is 0 Å². The number of hydrogen-bond donors (Lipinski definition) is 1. The van der Waals surface area contributed by atoms with Gasteiger partial charge in [0.15, 0.2) is 0 Å². The first kappa shape index (κ1) is 19.8. The van der Waals surface area contributed by atoms with Crippen molar-refractivity contribution in [1.82, 2.24) is 14.8 Å². The lowest BCUT2D eigenvalue weighted by Crippen LogP contribution is -2.53. The fourth-order valence-corrected chi connectivity index (χ4v) is 4.06. The number of carbonyl (C=O) groups excluding carboxylic acids is 2. The molecule has 2 aliphatic heterocycles. The molecular formula is C20H25BrN4O2. The Kier molecular flexibility index (Phi) is 6.86. The number of halogens is 1. The Bertz CT molecular complexity index is 708. The van der Waals surface area contributed by atoms with Gasteiger partial charge in [0.05, 0.1) is 12.6 Å². The van der Waals surface area contributed by atoms with Gasteiger partial charge in [-0.25, -0.2) is 4.98 Å². The summed E-state index contributed by atoms with van der Waals surface area (Å²) in [6, 6.07) is 3.51. The van der Waals surface area contributed by atoms with E-state index < -0.39 is 0 Å². The predicted molar refractivity (Wildman–Crippen MR) is 108 cm³/mol. The standard InChI is InChI=1S/C20H25BrN4O2/c1-2-10-24-11-4-3-5-17(24)20(27)25-12-8-15(9-13-25)19(26)23-18-7-6-16(21)14-22-18/h1,6-7,14-15,17H,3-5,8-13H2,(H,22,23,26). The fraction of sp³-hybridized carbons (Fsp3) is 0.550. The average Bonchev–Trinajstić information content (AvgIpc) is 2.70. The van der Waals surface area contributed by atoms with E-state index in [2.05, 4.69) is 37.1 Å². The van der Waals surface area contributed by atoms with E-state index in [0.29, 0.717) is 38.3 Å². The Hall–Kier alpha value is -1.91. The highest BCUT2D eigenvalue weighted by molar-refractivity contribution is 9.10. The molecule has 0 aliphatic carbocycles. The van der Waals surface area contributed by atoms with Gasteiger partial charge < -0.3 is 10.2 Å². The van der Waals surface area contributed by atoms with E-state index in [0.717, 1.165) is 30.3 Å². The minimum atomic E-state index is -0.104. The van der Waals surface area contributed by atoms with Gasteiger partial charge in [-0.2, -0.15) is 0 Å². The van der Waals surface area contributed by atoms with Crippen molar-refractivity contribution >= 4 is 33.6 Å². The predicted octanol–water partition coefficient (Wildman–Crippen LogP) is 2.51. The average molecular weight is 433 g/mol. The largest absolute Gasteiger partial charge is 0.341 e. The molecule has 1 aromatic heterocycles. The zero-order valence-electron chi connectivity index (χ0n) is 15.4. The van der Waals surface area contributed by atoms with Gasteiger partial charge in [0, 0.05) is 29.7 Å². The van der Waals surface area contributed by atoms with Gasteiger partial charge in [-0.3, -0.25) is 14.5 Å². The molecule has 0 radical (unpaired) electrons. The molecule has 7 heteroatoms. The van der Waals surface area contributed by atoms with Gasteiger partial charge in [0.1, 0.15) is 5.82 Å². The minimum absolute atomic E-state index is 0.0245. The molecule has 3 heterocycles. The van der Waals surface area contributed by atoms with Crippen molar-refractivity contribution < 1.29 is 9.59 Å². The van der Waals surface area contributed by atoms with E-state index in [1.807, 2.05) is 11.0 Å². The van der Waals surface area contributed by atoms with Crippen molar-refractivity contribution in [3.8, 4) is 12.3 Å². The summed E-state index contributed by atoms with van der Waals surface area (Å²) in [5, 5.41) is 2.87. The Labute approximate surface area is 168 Å². The van der Waals surface area contributed by atoms with E-state index >= 15 is 0 Å². The second-order valence-electron chi connectivity index (χ2n) is 7.14. The van der Waals surface area contributed by atoms with Crippen molar-refractivity contribution in [3.63, 3.8) is 0 Å². The van der Waals surface area contributed by atoms with Crippen LogP contribution in [-0.2, 0) is 9.59 Å². The number of hydrogen-bond acceptors (Lipinski definition) is 4. The fourth-order valence-electron chi connectivity index (χ4n) is 3.83. The first-order chi connectivity index (χ1) is 13.1. The monoisotopic (exact) mass is 432 g/mol. The molecular weight excluding hydrogens is 408 g/mol. The number of likely N-dealkylation sites (tertiary alicyclic amines) is 2. The van der Waals surface area contributed by atoms with Crippen molar-refractivity contribution in [3.05, 3.63) is 22.8 Å². The van der Waals surface area contributed by atoms with Crippen molar-refractivity contribution in [2.24, 2.45) is 5.92 Å². The maximum Gasteiger partial charge on any atom is 0.239 e. The summed E-state index contributed by atoms with van der Waals surface area (Å²) in [6.45, 7) is 2.64. The maximum absolute atomic E-state index is 12.9. The molecule has 6 nitrogen and oxygen atoms in total. The van der Waals surface area contributed by atoms with E-state index in [9.17, 15) is 9.59 Å². The Morgan fingerprint density at radius 1 is 1.22 bits per heavy atom. The first-order valence-corrected chi connectivity index (χ1v) is 10.3. The number of aromatic nitrogens is 1. The molecule has 3 rings (SSSR count). The summed E-state index contributed by atoms with van der Waals surface area (Å²) >= 11 is 3.33. The number of rotatable bonds is 4. The number of nitrogens with one attached hydrogen (secondary N) is 1. The van der Waals surface area contributed by atoms with Gasteiger partial charge in [-0.15, -0.1) is 6.42 Å². The molecule has 0 saturated carbocycles. The number of amides is 2. The van der Waals surface area contributed by atoms with Crippen LogP contribution in [0.15, 0.2) is 22.8 Å². The number of carbonyl (C=O) groups is 2. The highest BCUT2D eigenvalue weighted by atomic mass is 79.9. The van der Waals surface area contributed by atoms with Crippen LogP contribution >= 0.6 is 15.9 Å². The zero-order valence-corrected chi connectivity index (χ0v) is 17.0. The number of terminal acetylenes is 1. The Balaban J connectivity index is 1.51. The third-order valence-electron chi connectivity index (χ3n) is 5.35. The number of anilines is 1. The SMILES string of the molecule is C#CCN1CCCCC1C(=O)N1CCC(C(=O)Nc2ccc(Br)cn2)CC1. The van der Waals surface area contributed by atoms with Gasteiger partial charge in [-0.1, -0.05) is 12.3 Å². The molecule has 2 amide bonds. The topological polar surface area (TPSA) is 65.5 Å². The second-order valence-corrected chi connectivity index (χ2v) is 8.05. The Morgan fingerprint density at radius 2 is 2.00 bits per heavy atom. The summed E-state index contributed by atoms with van der Waals surface area (Å²) in [7, 11) is 0. The third kappa shape index (κ3) is 5.08. The van der Waals surface area contributed by atoms with Crippen LogP contribution in [0.4, 0.5) is 5.82 Å². The van der Waals surface area contributed by atoms with Gasteiger partial charge in [0.25, 0.3) is 0 Å². The molecule has 2 saturated heterocycles. The van der Waals surface area contributed by atoms with Crippen LogP contribution in [0.2, 0.25) is 0 Å². The Morgan fingerprint density at radius 3 is 2.67 bits per heavy atom. The molecule has 144 valence electrons. The highest BCUT2D eigenvalue weighted by Gasteiger charge is 2.34. The van der Waals surface area contributed by atoms with Crippen LogP contribution in [0.25, 0.3) is 0 Å². The van der Waals surface area contributed by atoms with Crippen LogP contribution in [0.5, 0.6) is 0 Å². The van der Waals surface area contributed by atoms with E-state index in [-0.39, 0.29) is 23.8 Å². The molecule has 1 N–H and O–H groups in total. The van der Waals surface area contributed by atoms with Crippen molar-refractivity contribution in [1.29, 1.82) is 0 Å². The molecule has 1 aromatic rings. The van der Waals surface area contributed by atoms with E-state index in [1.165, 1.54) is 0 Å². The molecule has 2 aliphatic rings. The summed E-state index contributed by atoms with van der Waals surface area (Å²) in [5.74, 6) is 3.27. The summed E-state index contributed by atoms with van der Waals surface area (Å²) in [5.41, 5.74) is 0. The number of piperidine rings is 2. The van der Waals surface area contributed by atoms with Gasteiger partial charge >= 0.3 is 0 Å². The molecule has 0 aromatic carbocycles. The number of pyridine rings is 1. The van der Waals surface area contributed by atoms with Crippen molar-refractivity contribution in [2.45, 2.75) is 38.1 Å². The second kappa shape index (κ2) is 9.34. The lowest BCUT2D eigenvalue weighted by Gasteiger charge is -2.39. The molecule has 27 heavy (non-hydrogen) atoms. The summed E-state index contributed by atoms with van der Waals surface area (Å²) < 4.78 is 0.869. The highest BCUT2D eigenvalue weighted by Crippen LogP contribution is 2.24. The summed E-state index contributed by atoms with van der Waals surface area (Å²) in [6.07, 6.45) is 11.5. The van der Waals surface area contributed by atoms with Crippen LogP contribution in [0.1, 0.15) is 32.1 Å². The zero-order chi connectivity index (χ0) is 19.2. The third-order valence-corrected chi connectivity index (χ3v) is 5.82. The minimum Gasteiger partial charge on any atom is -0.341 e. The summed E-state index contributed by atoms with van der Waals surface area (Å²) in [4.78, 5) is 33.6. The van der Waals surface area contributed by atoms with E-state index in [4.69, 9.17) is 6.42 Å². The lowest BCUT2D eigenvalue weighted by atomic mass is 9.94. The molecule has 1 atom stereocenters. The maximum atomic E-state index is 12.9. The van der Waals surface area contributed by atoms with Crippen LogP contribution < -0.4 is 5.32 Å². The van der Waals surface area contributed by atoms with Crippen molar-refractivity contribution in [2.75, 3.05) is 31.5 Å². The number of nitrogens with zero attached hydrogens (tertiary/aromatic N) is 3. The smallest absolute Gasteiger partial charge is 0.239 e.